The van der Waals surface area contributed by atoms with Gasteiger partial charge in [-0.25, -0.2) is 0 Å². The molecule has 0 bridgehead atoms. The summed E-state index contributed by atoms with van der Waals surface area (Å²) in [4.78, 5) is 37.6. The van der Waals surface area contributed by atoms with Crippen molar-refractivity contribution in [3.8, 4) is 0 Å². The normalized spacial score (nSPS) is 46.0. The molecule has 3 aliphatic carbocycles. The van der Waals surface area contributed by atoms with E-state index in [1.54, 1.807) is 19.1 Å². The molecule has 0 N–H and O–H groups in total. The molecule has 0 aromatic heterocycles. The molecule has 0 aliphatic heterocycles. The molecule has 0 aromatic carbocycles. The van der Waals surface area contributed by atoms with Crippen molar-refractivity contribution in [2.24, 2.45) is 27.6 Å². The van der Waals surface area contributed by atoms with Gasteiger partial charge >= 0.3 is 11.9 Å². The van der Waals surface area contributed by atoms with Crippen LogP contribution in [0.5, 0.6) is 0 Å². The lowest BCUT2D eigenvalue weighted by molar-refractivity contribution is -0.158. The fourth-order valence-corrected chi connectivity index (χ4v) is 5.19. The van der Waals surface area contributed by atoms with E-state index in [2.05, 4.69) is 0 Å². The summed E-state index contributed by atoms with van der Waals surface area (Å²) < 4.78 is 9.83. The molecule has 0 radical (unpaired) electrons. The second-order valence-corrected chi connectivity index (χ2v) is 6.61. The van der Waals surface area contributed by atoms with E-state index in [4.69, 9.17) is 9.47 Å². The highest BCUT2D eigenvalue weighted by Crippen LogP contribution is 2.92. The van der Waals surface area contributed by atoms with Gasteiger partial charge in [0, 0.05) is 11.3 Å². The van der Waals surface area contributed by atoms with Gasteiger partial charge in [-0.1, -0.05) is 26.0 Å². The highest BCUT2D eigenvalue weighted by atomic mass is 16.5. The molecule has 0 heterocycles. The lowest BCUT2D eigenvalue weighted by Gasteiger charge is -2.30. The van der Waals surface area contributed by atoms with Gasteiger partial charge in [-0.3, -0.25) is 14.4 Å². The number of allylic oxidation sites excluding steroid dienone is 1. The van der Waals surface area contributed by atoms with Crippen molar-refractivity contribution >= 4 is 17.7 Å². The van der Waals surface area contributed by atoms with Crippen molar-refractivity contribution in [1.82, 2.24) is 0 Å². The van der Waals surface area contributed by atoms with E-state index in [0.717, 1.165) is 0 Å². The van der Waals surface area contributed by atoms with Crippen molar-refractivity contribution in [1.29, 1.82) is 0 Å². The summed E-state index contributed by atoms with van der Waals surface area (Å²) in [5, 5.41) is 0. The number of rotatable bonds is 2. The second kappa shape index (κ2) is 3.15. The van der Waals surface area contributed by atoms with Gasteiger partial charge in [0.1, 0.15) is 16.6 Å². The van der Waals surface area contributed by atoms with Crippen LogP contribution in [0, 0.1) is 27.6 Å². The van der Waals surface area contributed by atoms with Crippen molar-refractivity contribution in [2.75, 3.05) is 14.2 Å². The molecule has 2 saturated carbocycles. The van der Waals surface area contributed by atoms with Crippen LogP contribution in [0.1, 0.15) is 20.8 Å². The Balaban J connectivity index is 2.29. The van der Waals surface area contributed by atoms with Crippen LogP contribution in [0.3, 0.4) is 0 Å². The van der Waals surface area contributed by atoms with E-state index >= 15 is 0 Å². The zero-order chi connectivity index (χ0) is 15.1. The highest BCUT2D eigenvalue weighted by Gasteiger charge is 3.02. The first kappa shape index (κ1) is 13.3. The first-order valence-electron chi connectivity index (χ1n) is 6.62. The minimum atomic E-state index is -1.20. The van der Waals surface area contributed by atoms with Crippen LogP contribution in [0.2, 0.25) is 0 Å². The second-order valence-electron chi connectivity index (χ2n) is 6.61. The number of Topliss-reactive ketones (excluding diaryl/α,β-unsaturated/α-hetero) is 1. The Kier molecular flexibility index (Phi) is 2.10. The van der Waals surface area contributed by atoms with Crippen molar-refractivity contribution in [2.45, 2.75) is 20.8 Å². The average molecular weight is 278 g/mol. The average Bonchev–Trinajstić information content (AvgIpc) is 2.71. The lowest BCUT2D eigenvalue weighted by Crippen LogP contribution is -2.40. The predicted molar refractivity (Wildman–Crippen MR) is 68.4 cm³/mol. The first-order valence-corrected chi connectivity index (χ1v) is 6.62. The third-order valence-corrected chi connectivity index (χ3v) is 5.97. The maximum atomic E-state index is 12.8. The highest BCUT2D eigenvalue weighted by molar-refractivity contribution is 6.16. The van der Waals surface area contributed by atoms with Crippen LogP contribution in [0.25, 0.3) is 0 Å². The van der Waals surface area contributed by atoms with Gasteiger partial charge in [0.05, 0.1) is 19.6 Å². The Morgan fingerprint density at radius 2 is 1.65 bits per heavy atom. The maximum Gasteiger partial charge on any atom is 0.317 e. The van der Waals surface area contributed by atoms with E-state index in [1.807, 2.05) is 13.8 Å². The third kappa shape index (κ3) is 0.801. The smallest absolute Gasteiger partial charge is 0.317 e. The molecule has 0 spiro atoms. The Bertz CT molecular complexity index is 589. The number of esters is 2. The molecule has 108 valence electrons. The molecule has 0 aromatic rings. The molecule has 3 rings (SSSR count). The van der Waals surface area contributed by atoms with E-state index < -0.39 is 33.6 Å². The van der Waals surface area contributed by atoms with Crippen LogP contribution < -0.4 is 0 Å². The molecule has 20 heavy (non-hydrogen) atoms. The molecule has 2 fully saturated rings. The lowest BCUT2D eigenvalue weighted by atomic mass is 9.71. The number of ether oxygens (including phenoxy) is 2. The minimum absolute atomic E-state index is 0.0733. The van der Waals surface area contributed by atoms with Gasteiger partial charge in [-0.05, 0) is 6.92 Å². The SMILES string of the molecule is COC(=O)C12C=CC3C(C)(C)C(=O)C1(C)C32C(=O)OC. The largest absolute Gasteiger partial charge is 0.469 e. The topological polar surface area (TPSA) is 69.7 Å². The van der Waals surface area contributed by atoms with Gasteiger partial charge in [-0.2, -0.15) is 0 Å². The fraction of sp³-hybridized carbons (Fsp3) is 0.667. The van der Waals surface area contributed by atoms with Gasteiger partial charge in [-0.15, -0.1) is 0 Å². The monoisotopic (exact) mass is 278 g/mol. The number of ketones is 1. The predicted octanol–water partition coefficient (Wildman–Crippen LogP) is 1.12. The molecule has 0 amide bonds. The van der Waals surface area contributed by atoms with Crippen molar-refractivity contribution in [3.63, 3.8) is 0 Å². The minimum Gasteiger partial charge on any atom is -0.469 e. The summed E-state index contributed by atoms with van der Waals surface area (Å²) in [5.74, 6) is -1.44. The zero-order valence-corrected chi connectivity index (χ0v) is 12.3. The Morgan fingerprint density at radius 1 is 1.10 bits per heavy atom. The van der Waals surface area contributed by atoms with Gasteiger partial charge in [0.2, 0.25) is 0 Å². The van der Waals surface area contributed by atoms with Gasteiger partial charge in [0.25, 0.3) is 0 Å². The number of hydrogen-bond acceptors (Lipinski definition) is 5. The third-order valence-electron chi connectivity index (χ3n) is 5.97. The summed E-state index contributed by atoms with van der Waals surface area (Å²) in [5.41, 5.74) is -4.09. The fourth-order valence-electron chi connectivity index (χ4n) is 5.19. The van der Waals surface area contributed by atoms with E-state index in [9.17, 15) is 14.4 Å². The maximum absolute atomic E-state index is 12.8. The van der Waals surface area contributed by atoms with E-state index in [-0.39, 0.29) is 11.7 Å². The van der Waals surface area contributed by atoms with Crippen LogP contribution in [-0.4, -0.2) is 31.9 Å². The summed E-state index contributed by atoms with van der Waals surface area (Å²) in [6, 6.07) is 0. The number of fused-ring (bicyclic) bond motifs is 1. The Morgan fingerprint density at radius 3 is 2.15 bits per heavy atom. The van der Waals surface area contributed by atoms with Crippen LogP contribution >= 0.6 is 0 Å². The van der Waals surface area contributed by atoms with Gasteiger partial charge in [0.15, 0.2) is 0 Å². The molecular formula is C15H18O5. The summed E-state index contributed by atoms with van der Waals surface area (Å²) in [6.07, 6.45) is 3.49. The molecule has 4 atom stereocenters. The number of methoxy groups -OCH3 is 2. The van der Waals surface area contributed by atoms with Crippen LogP contribution in [0.15, 0.2) is 12.2 Å². The van der Waals surface area contributed by atoms with Crippen molar-refractivity contribution in [3.05, 3.63) is 12.2 Å². The molecule has 0 saturated heterocycles. The molecule has 5 heteroatoms. The van der Waals surface area contributed by atoms with E-state index in [1.165, 1.54) is 14.2 Å². The Labute approximate surface area is 117 Å². The zero-order valence-electron chi connectivity index (χ0n) is 12.3. The Hall–Kier alpha value is -1.65. The quantitative estimate of drug-likeness (QED) is 0.559. The van der Waals surface area contributed by atoms with Crippen molar-refractivity contribution < 1.29 is 23.9 Å². The van der Waals surface area contributed by atoms with Gasteiger partial charge < -0.3 is 9.47 Å². The van der Waals surface area contributed by atoms with E-state index in [0.29, 0.717) is 0 Å². The first-order chi connectivity index (χ1) is 9.21. The number of carbonyl (C=O) groups excluding carboxylic acids is 3. The molecule has 4 unspecified atom stereocenters. The summed E-state index contributed by atoms with van der Waals surface area (Å²) >= 11 is 0. The molecular weight excluding hydrogens is 260 g/mol. The molecule has 5 nitrogen and oxygen atoms in total. The van der Waals surface area contributed by atoms with Crippen LogP contribution in [0.4, 0.5) is 0 Å². The summed E-state index contributed by atoms with van der Waals surface area (Å²) in [7, 11) is 2.56. The van der Waals surface area contributed by atoms with Crippen LogP contribution in [-0.2, 0) is 23.9 Å². The standard InChI is InChI=1S/C15H18O5/c1-12(2)8-6-7-14(10(17)19-4)13(3,9(12)16)15(8,14)11(18)20-5/h6-8H,1-5H3. The number of hydrogen-bond donors (Lipinski definition) is 0. The summed E-state index contributed by atoms with van der Waals surface area (Å²) in [6.45, 7) is 5.33. The number of carbonyl (C=O) groups is 3. The molecule has 3 aliphatic rings.